The summed E-state index contributed by atoms with van der Waals surface area (Å²) in [5, 5.41) is 0. The van der Waals surface area contributed by atoms with Crippen LogP contribution in [0.2, 0.25) is 0 Å². The second kappa shape index (κ2) is 2.59. The Hall–Kier alpha value is -0.380. The summed E-state index contributed by atoms with van der Waals surface area (Å²) in [5.74, 6) is 0.0751. The van der Waals surface area contributed by atoms with E-state index in [1.807, 2.05) is 0 Å². The van der Waals surface area contributed by atoms with Gasteiger partial charge in [-0.25, -0.2) is 8.42 Å². The van der Waals surface area contributed by atoms with E-state index in [-0.39, 0.29) is 5.75 Å². The maximum absolute atomic E-state index is 11.3. The van der Waals surface area contributed by atoms with Gasteiger partial charge in [0.15, 0.2) is 9.84 Å². The number of carbonyl (C=O) groups excluding carboxylic acids is 1. The van der Waals surface area contributed by atoms with E-state index < -0.39 is 14.6 Å². The standard InChI is InChI=1S/C7H12O3S/c1-2-11(9,10)7(6-8)4-3-5-7/h6H,2-5H2,1H3. The molecule has 0 radical (unpaired) electrons. The van der Waals surface area contributed by atoms with E-state index in [1.54, 1.807) is 6.92 Å². The molecule has 0 spiro atoms. The quantitative estimate of drug-likeness (QED) is 0.590. The molecule has 0 amide bonds. The fraction of sp³-hybridized carbons (Fsp3) is 0.857. The Morgan fingerprint density at radius 2 is 2.00 bits per heavy atom. The Bertz CT molecular complexity index is 249. The first kappa shape index (κ1) is 8.71. The molecule has 0 unspecified atom stereocenters. The number of carbonyl (C=O) groups is 1. The van der Waals surface area contributed by atoms with Crippen LogP contribution >= 0.6 is 0 Å². The van der Waals surface area contributed by atoms with Crippen molar-refractivity contribution in [2.75, 3.05) is 5.75 Å². The Labute approximate surface area is 66.7 Å². The number of sulfone groups is 1. The second-order valence-corrected chi connectivity index (χ2v) is 5.56. The smallest absolute Gasteiger partial charge is 0.162 e. The van der Waals surface area contributed by atoms with Crippen molar-refractivity contribution in [1.29, 1.82) is 0 Å². The second-order valence-electron chi connectivity index (χ2n) is 2.94. The summed E-state index contributed by atoms with van der Waals surface area (Å²) in [6.45, 7) is 1.58. The molecule has 0 aromatic rings. The van der Waals surface area contributed by atoms with Crippen LogP contribution in [0.15, 0.2) is 0 Å². The van der Waals surface area contributed by atoms with Gasteiger partial charge in [-0.3, -0.25) is 0 Å². The highest BCUT2D eigenvalue weighted by molar-refractivity contribution is 7.93. The molecule has 0 aromatic heterocycles. The van der Waals surface area contributed by atoms with Gasteiger partial charge >= 0.3 is 0 Å². The average Bonchev–Trinajstić information content (AvgIpc) is 1.86. The lowest BCUT2D eigenvalue weighted by molar-refractivity contribution is -0.111. The molecule has 0 aliphatic heterocycles. The third kappa shape index (κ3) is 1.09. The molecule has 11 heavy (non-hydrogen) atoms. The van der Waals surface area contributed by atoms with Crippen molar-refractivity contribution in [2.45, 2.75) is 30.9 Å². The first-order valence-electron chi connectivity index (χ1n) is 3.76. The minimum atomic E-state index is -3.14. The van der Waals surface area contributed by atoms with Crippen LogP contribution in [0.25, 0.3) is 0 Å². The average molecular weight is 176 g/mol. The SMILES string of the molecule is CCS(=O)(=O)C1(C=O)CCC1. The molecule has 64 valence electrons. The van der Waals surface area contributed by atoms with Gasteiger partial charge in [-0.1, -0.05) is 6.92 Å². The van der Waals surface area contributed by atoms with Crippen LogP contribution in [0.5, 0.6) is 0 Å². The molecule has 1 rings (SSSR count). The van der Waals surface area contributed by atoms with Gasteiger partial charge in [0.1, 0.15) is 11.0 Å². The first-order valence-corrected chi connectivity index (χ1v) is 5.42. The zero-order valence-electron chi connectivity index (χ0n) is 6.54. The van der Waals surface area contributed by atoms with Gasteiger partial charge in [0.25, 0.3) is 0 Å². The van der Waals surface area contributed by atoms with Gasteiger partial charge in [0.2, 0.25) is 0 Å². The molecule has 3 nitrogen and oxygen atoms in total. The molecule has 0 bridgehead atoms. The molecule has 1 saturated carbocycles. The summed E-state index contributed by atoms with van der Waals surface area (Å²) in [7, 11) is -3.14. The summed E-state index contributed by atoms with van der Waals surface area (Å²) >= 11 is 0. The lowest BCUT2D eigenvalue weighted by atomic mass is 9.86. The molecule has 1 aliphatic carbocycles. The van der Waals surface area contributed by atoms with Gasteiger partial charge in [0.05, 0.1) is 0 Å². The van der Waals surface area contributed by atoms with E-state index in [0.29, 0.717) is 19.1 Å². The van der Waals surface area contributed by atoms with Crippen molar-refractivity contribution in [2.24, 2.45) is 0 Å². The van der Waals surface area contributed by atoms with Gasteiger partial charge < -0.3 is 4.79 Å². The highest BCUT2D eigenvalue weighted by Gasteiger charge is 2.47. The molecule has 1 fully saturated rings. The van der Waals surface area contributed by atoms with E-state index in [4.69, 9.17) is 0 Å². The van der Waals surface area contributed by atoms with E-state index in [2.05, 4.69) is 0 Å². The maximum atomic E-state index is 11.3. The predicted molar refractivity (Wildman–Crippen MR) is 42.1 cm³/mol. The van der Waals surface area contributed by atoms with Gasteiger partial charge in [-0.15, -0.1) is 0 Å². The Kier molecular flexibility index (Phi) is 2.05. The van der Waals surface area contributed by atoms with Crippen LogP contribution in [0, 0.1) is 0 Å². The number of rotatable bonds is 3. The zero-order chi connectivity index (χ0) is 8.54. The van der Waals surface area contributed by atoms with Crippen LogP contribution in [0.1, 0.15) is 26.2 Å². The third-order valence-corrected chi connectivity index (χ3v) is 4.92. The van der Waals surface area contributed by atoms with E-state index in [0.717, 1.165) is 6.42 Å². The van der Waals surface area contributed by atoms with Crippen LogP contribution in [-0.4, -0.2) is 25.2 Å². The summed E-state index contributed by atoms with van der Waals surface area (Å²) in [4.78, 5) is 10.5. The monoisotopic (exact) mass is 176 g/mol. The van der Waals surface area contributed by atoms with Gasteiger partial charge in [0, 0.05) is 5.75 Å². The van der Waals surface area contributed by atoms with Crippen molar-refractivity contribution < 1.29 is 13.2 Å². The van der Waals surface area contributed by atoms with Crippen LogP contribution in [0.3, 0.4) is 0 Å². The number of hydrogen-bond acceptors (Lipinski definition) is 3. The first-order chi connectivity index (χ1) is 5.08. The van der Waals surface area contributed by atoms with E-state index in [1.165, 1.54) is 0 Å². The Morgan fingerprint density at radius 3 is 2.09 bits per heavy atom. The van der Waals surface area contributed by atoms with E-state index >= 15 is 0 Å². The highest BCUT2D eigenvalue weighted by Crippen LogP contribution is 2.37. The third-order valence-electron chi connectivity index (χ3n) is 2.41. The van der Waals surface area contributed by atoms with Crippen LogP contribution in [-0.2, 0) is 14.6 Å². The zero-order valence-corrected chi connectivity index (χ0v) is 7.36. The molecule has 4 heteroatoms. The fourth-order valence-electron chi connectivity index (χ4n) is 1.31. The minimum absolute atomic E-state index is 0.0751. The largest absolute Gasteiger partial charge is 0.302 e. The molecule has 1 aliphatic rings. The predicted octanol–water partition coefficient (Wildman–Crippen LogP) is 0.543. The van der Waals surface area contributed by atoms with Crippen molar-refractivity contribution in [1.82, 2.24) is 0 Å². The highest BCUT2D eigenvalue weighted by atomic mass is 32.2. The fourth-order valence-corrected chi connectivity index (χ4v) is 2.95. The van der Waals surface area contributed by atoms with Gasteiger partial charge in [-0.05, 0) is 19.3 Å². The van der Waals surface area contributed by atoms with Crippen molar-refractivity contribution in [3.63, 3.8) is 0 Å². The van der Waals surface area contributed by atoms with Crippen LogP contribution < -0.4 is 0 Å². The minimum Gasteiger partial charge on any atom is -0.302 e. The summed E-state index contributed by atoms with van der Waals surface area (Å²) < 4.78 is 21.6. The van der Waals surface area contributed by atoms with Crippen molar-refractivity contribution >= 4 is 16.1 Å². The summed E-state index contributed by atoms with van der Waals surface area (Å²) in [6.07, 6.45) is 2.51. The van der Waals surface area contributed by atoms with Crippen molar-refractivity contribution in [3.05, 3.63) is 0 Å². The number of hydrogen-bond donors (Lipinski definition) is 0. The van der Waals surface area contributed by atoms with E-state index in [9.17, 15) is 13.2 Å². The molecular formula is C7H12O3S. The number of aldehydes is 1. The lowest BCUT2D eigenvalue weighted by Crippen LogP contribution is -2.47. The van der Waals surface area contributed by atoms with Gasteiger partial charge in [-0.2, -0.15) is 0 Å². The maximum Gasteiger partial charge on any atom is 0.162 e. The van der Waals surface area contributed by atoms with Crippen molar-refractivity contribution in [3.8, 4) is 0 Å². The molecule has 0 atom stereocenters. The Balaban J connectivity index is 2.95. The normalized spacial score (nSPS) is 22.3. The van der Waals surface area contributed by atoms with Crippen LogP contribution in [0.4, 0.5) is 0 Å². The summed E-state index contributed by atoms with van der Waals surface area (Å²) in [6, 6.07) is 0. The molecule has 0 aromatic carbocycles. The topological polar surface area (TPSA) is 51.2 Å². The lowest BCUT2D eigenvalue weighted by Gasteiger charge is -2.35. The molecule has 0 saturated heterocycles. The molecular weight excluding hydrogens is 164 g/mol. The summed E-state index contributed by atoms with van der Waals surface area (Å²) in [5.41, 5.74) is 0. The Morgan fingerprint density at radius 1 is 1.45 bits per heavy atom. The molecule has 0 N–H and O–H groups in total. The molecule has 0 heterocycles.